The van der Waals surface area contributed by atoms with Crippen LogP contribution in [0.15, 0.2) is 85.1 Å². The van der Waals surface area contributed by atoms with Crippen LogP contribution < -0.4 is 0 Å². The predicted octanol–water partition coefficient (Wildman–Crippen LogP) is 6.05. The van der Waals surface area contributed by atoms with E-state index in [9.17, 15) is 18.0 Å². The molecule has 3 aromatic carbocycles. The van der Waals surface area contributed by atoms with Gasteiger partial charge in [0.1, 0.15) is 0 Å². The first-order valence-electron chi connectivity index (χ1n) is 12.2. The van der Waals surface area contributed by atoms with Gasteiger partial charge < -0.3 is 9.88 Å². The van der Waals surface area contributed by atoms with E-state index < -0.39 is 17.7 Å². The zero-order valence-corrected chi connectivity index (χ0v) is 19.8. The van der Waals surface area contributed by atoms with Crippen molar-refractivity contribution >= 4 is 16.8 Å². The summed E-state index contributed by atoms with van der Waals surface area (Å²) < 4.78 is 40.5. The number of piperazine rings is 1. The number of aromatic amines is 1. The summed E-state index contributed by atoms with van der Waals surface area (Å²) in [6.07, 6.45) is -2.51. The van der Waals surface area contributed by atoms with Gasteiger partial charge in [-0.05, 0) is 28.8 Å². The third-order valence-electron chi connectivity index (χ3n) is 6.97. The van der Waals surface area contributed by atoms with Crippen molar-refractivity contribution in [3.63, 3.8) is 0 Å². The van der Waals surface area contributed by atoms with Crippen LogP contribution in [0.25, 0.3) is 10.9 Å². The van der Waals surface area contributed by atoms with E-state index in [0.717, 1.165) is 42.2 Å². The van der Waals surface area contributed by atoms with Crippen molar-refractivity contribution in [1.82, 2.24) is 14.8 Å². The Morgan fingerprint density at radius 2 is 1.61 bits per heavy atom. The number of benzene rings is 3. The first kappa shape index (κ1) is 24.1. The zero-order valence-electron chi connectivity index (χ0n) is 19.8. The van der Waals surface area contributed by atoms with Crippen molar-refractivity contribution in [2.24, 2.45) is 0 Å². The quantitative estimate of drug-likeness (QED) is 0.357. The fraction of sp³-hybridized carbons (Fsp3) is 0.276. The number of nitrogens with zero attached hydrogens (tertiary/aromatic N) is 2. The number of hydrogen-bond acceptors (Lipinski definition) is 2. The molecular formula is C29H28F3N3O. The Hall–Kier alpha value is -3.58. The Kier molecular flexibility index (Phi) is 6.83. The third kappa shape index (κ3) is 5.31. The highest BCUT2D eigenvalue weighted by Gasteiger charge is 2.32. The fourth-order valence-corrected chi connectivity index (χ4v) is 5.02. The molecule has 1 amide bonds. The van der Waals surface area contributed by atoms with E-state index in [1.807, 2.05) is 53.6 Å². The molecule has 186 valence electrons. The van der Waals surface area contributed by atoms with Crippen LogP contribution in [0.2, 0.25) is 0 Å². The minimum absolute atomic E-state index is 0.0398. The molecule has 1 aliphatic heterocycles. The van der Waals surface area contributed by atoms with Gasteiger partial charge in [0.25, 0.3) is 0 Å². The summed E-state index contributed by atoms with van der Waals surface area (Å²) in [4.78, 5) is 20.8. The molecule has 2 heterocycles. The van der Waals surface area contributed by atoms with E-state index in [-0.39, 0.29) is 12.3 Å². The summed E-state index contributed by atoms with van der Waals surface area (Å²) in [5.41, 5.74) is 2.76. The minimum atomic E-state index is -4.44. The van der Waals surface area contributed by atoms with Gasteiger partial charge in [-0.15, -0.1) is 0 Å². The number of fused-ring (bicyclic) bond motifs is 1. The van der Waals surface area contributed by atoms with Gasteiger partial charge in [0.2, 0.25) is 5.91 Å². The van der Waals surface area contributed by atoms with Gasteiger partial charge in [0.05, 0.1) is 5.56 Å². The number of amides is 1. The van der Waals surface area contributed by atoms with Crippen LogP contribution in [0, 0.1) is 0 Å². The monoisotopic (exact) mass is 491 g/mol. The highest BCUT2D eigenvalue weighted by Crippen LogP contribution is 2.37. The number of H-pyrrole nitrogens is 1. The number of aromatic nitrogens is 1. The predicted molar refractivity (Wildman–Crippen MR) is 135 cm³/mol. The number of hydrogen-bond donors (Lipinski definition) is 1. The second-order valence-electron chi connectivity index (χ2n) is 9.31. The van der Waals surface area contributed by atoms with Crippen LogP contribution in [0.5, 0.6) is 0 Å². The molecule has 0 spiro atoms. The van der Waals surface area contributed by atoms with Gasteiger partial charge in [-0.2, -0.15) is 13.2 Å². The fourth-order valence-electron chi connectivity index (χ4n) is 5.02. The van der Waals surface area contributed by atoms with Gasteiger partial charge in [-0.1, -0.05) is 66.7 Å². The average Bonchev–Trinajstić information content (AvgIpc) is 3.32. The molecule has 0 bridgehead atoms. The van der Waals surface area contributed by atoms with E-state index in [1.54, 1.807) is 6.07 Å². The van der Waals surface area contributed by atoms with Crippen molar-refractivity contribution in [1.29, 1.82) is 0 Å². The molecule has 5 rings (SSSR count). The molecule has 7 heteroatoms. The third-order valence-corrected chi connectivity index (χ3v) is 6.97. The lowest BCUT2D eigenvalue weighted by molar-refractivity contribution is -0.137. The lowest BCUT2D eigenvalue weighted by Crippen LogP contribution is -2.48. The largest absolute Gasteiger partial charge is 0.416 e. The van der Waals surface area contributed by atoms with Crippen molar-refractivity contribution in [2.45, 2.75) is 25.1 Å². The molecule has 0 unspecified atom stereocenters. The molecule has 1 fully saturated rings. The van der Waals surface area contributed by atoms with Crippen molar-refractivity contribution in [3.8, 4) is 0 Å². The summed E-state index contributed by atoms with van der Waals surface area (Å²) in [6.45, 7) is 3.58. The van der Waals surface area contributed by atoms with E-state index in [1.165, 1.54) is 17.7 Å². The molecule has 4 nitrogen and oxygen atoms in total. The number of alkyl halides is 3. The van der Waals surface area contributed by atoms with E-state index in [4.69, 9.17) is 0 Å². The maximum atomic E-state index is 13.5. The Balaban J connectivity index is 1.36. The zero-order chi connectivity index (χ0) is 25.1. The number of carbonyl (C=O) groups excluding carboxylic acids is 1. The SMILES string of the molecule is O=C(C[C@H](c1cccc(C(F)(F)F)c1)c1c[nH]c2ccccc12)N1CCN(Cc2ccccc2)CC1. The highest BCUT2D eigenvalue weighted by atomic mass is 19.4. The topological polar surface area (TPSA) is 39.3 Å². The molecular weight excluding hydrogens is 463 g/mol. The molecule has 1 aromatic heterocycles. The van der Waals surface area contributed by atoms with E-state index in [0.29, 0.717) is 18.7 Å². The van der Waals surface area contributed by atoms with E-state index in [2.05, 4.69) is 22.0 Å². The highest BCUT2D eigenvalue weighted by molar-refractivity contribution is 5.86. The van der Waals surface area contributed by atoms with Crippen molar-refractivity contribution in [3.05, 3.63) is 107 Å². The molecule has 1 aliphatic rings. The molecule has 36 heavy (non-hydrogen) atoms. The molecule has 0 saturated carbocycles. The molecule has 4 aromatic rings. The van der Waals surface area contributed by atoms with Gasteiger partial charge in [-0.3, -0.25) is 9.69 Å². The first-order valence-corrected chi connectivity index (χ1v) is 12.2. The van der Waals surface area contributed by atoms with Crippen molar-refractivity contribution in [2.75, 3.05) is 26.2 Å². The van der Waals surface area contributed by atoms with Gasteiger partial charge in [0.15, 0.2) is 0 Å². The van der Waals surface area contributed by atoms with Crippen LogP contribution in [0.4, 0.5) is 13.2 Å². The number of halogens is 3. The van der Waals surface area contributed by atoms with Gasteiger partial charge in [0, 0.05) is 62.2 Å². The van der Waals surface area contributed by atoms with Crippen molar-refractivity contribution < 1.29 is 18.0 Å². The van der Waals surface area contributed by atoms with Gasteiger partial charge in [-0.25, -0.2) is 0 Å². The summed E-state index contributed by atoms with van der Waals surface area (Å²) in [7, 11) is 0. The summed E-state index contributed by atoms with van der Waals surface area (Å²) in [6, 6.07) is 23.3. The summed E-state index contributed by atoms with van der Waals surface area (Å²) in [5.74, 6) is -0.527. The van der Waals surface area contributed by atoms with Crippen LogP contribution in [0.3, 0.4) is 0 Å². The smallest absolute Gasteiger partial charge is 0.361 e. The Bertz CT molecular complexity index is 1320. The van der Waals surface area contributed by atoms with E-state index >= 15 is 0 Å². The minimum Gasteiger partial charge on any atom is -0.361 e. The number of carbonyl (C=O) groups is 1. The lowest BCUT2D eigenvalue weighted by atomic mass is 9.87. The normalized spacial score (nSPS) is 15.8. The molecule has 0 radical (unpaired) electrons. The Labute approximate surface area is 208 Å². The van der Waals surface area contributed by atoms with Gasteiger partial charge >= 0.3 is 6.18 Å². The molecule has 0 aliphatic carbocycles. The number of para-hydroxylation sites is 1. The summed E-state index contributed by atoms with van der Waals surface area (Å²) in [5, 5.41) is 0.917. The first-order chi connectivity index (χ1) is 17.4. The molecule has 1 atom stereocenters. The maximum Gasteiger partial charge on any atom is 0.416 e. The number of rotatable bonds is 6. The maximum absolute atomic E-state index is 13.5. The molecule has 1 N–H and O–H groups in total. The van der Waals surface area contributed by atoms with Crippen LogP contribution in [0.1, 0.15) is 34.6 Å². The Morgan fingerprint density at radius 1 is 0.889 bits per heavy atom. The second-order valence-corrected chi connectivity index (χ2v) is 9.31. The number of nitrogens with one attached hydrogen (secondary N) is 1. The van der Waals surface area contributed by atoms with Crippen LogP contribution >= 0.6 is 0 Å². The summed E-state index contributed by atoms with van der Waals surface area (Å²) >= 11 is 0. The van der Waals surface area contributed by atoms with Crippen LogP contribution in [-0.2, 0) is 17.5 Å². The lowest BCUT2D eigenvalue weighted by Gasteiger charge is -2.35. The standard InChI is InChI=1S/C29H28F3N3O/c30-29(31,32)23-10-6-9-22(17-23)25(26-19-33-27-12-5-4-11-24(26)27)18-28(36)35-15-13-34(14-16-35)20-21-7-2-1-3-8-21/h1-12,17,19,25,33H,13-16,18,20H2/t25-/m1/s1. The molecule has 1 saturated heterocycles. The Morgan fingerprint density at radius 3 is 2.36 bits per heavy atom. The average molecular weight is 492 g/mol. The second kappa shape index (κ2) is 10.2. The van der Waals surface area contributed by atoms with Crippen LogP contribution in [-0.4, -0.2) is 46.9 Å².